The second kappa shape index (κ2) is 8.17. The van der Waals surface area contributed by atoms with E-state index in [1.165, 1.54) is 0 Å². The van der Waals surface area contributed by atoms with Crippen molar-refractivity contribution >= 4 is 17.2 Å². The number of nitrogens with zero attached hydrogens (tertiary/aromatic N) is 2. The van der Waals surface area contributed by atoms with Gasteiger partial charge in [-0.25, -0.2) is 0 Å². The van der Waals surface area contributed by atoms with Crippen LogP contribution in [0.5, 0.6) is 0 Å². The minimum atomic E-state index is -0.146. The van der Waals surface area contributed by atoms with Crippen LogP contribution in [-0.4, -0.2) is 20.7 Å². The Morgan fingerprint density at radius 3 is 2.61 bits per heavy atom. The molecule has 0 aromatic carbocycles. The molecule has 28 heavy (non-hydrogen) atoms. The summed E-state index contributed by atoms with van der Waals surface area (Å²) in [5, 5.41) is 3.37. The van der Waals surface area contributed by atoms with Crippen molar-refractivity contribution in [2.75, 3.05) is 5.32 Å². The molecule has 0 bridgehead atoms. The number of aromatic amines is 1. The highest BCUT2D eigenvalue weighted by atomic mass is 16.1. The van der Waals surface area contributed by atoms with E-state index in [4.69, 9.17) is 0 Å². The Morgan fingerprint density at radius 2 is 1.96 bits per heavy atom. The molecule has 0 fully saturated rings. The Balaban J connectivity index is 2.03. The summed E-state index contributed by atoms with van der Waals surface area (Å²) in [4.78, 5) is 35.6. The number of aryl methyl sites for hydroxylation is 1. The maximum Gasteiger partial charge on any atom is 0.256 e. The van der Waals surface area contributed by atoms with Crippen molar-refractivity contribution in [2.45, 2.75) is 40.0 Å². The number of carbonyl (C=O) groups excluding carboxylic acids is 1. The summed E-state index contributed by atoms with van der Waals surface area (Å²) in [6.45, 7) is 7.50. The van der Waals surface area contributed by atoms with Crippen LogP contribution in [0.2, 0.25) is 0 Å². The maximum absolute atomic E-state index is 12.7. The van der Waals surface area contributed by atoms with E-state index in [2.05, 4.69) is 20.3 Å². The molecule has 2 N–H and O–H groups in total. The maximum atomic E-state index is 12.7. The van der Waals surface area contributed by atoms with Crippen molar-refractivity contribution < 1.29 is 4.79 Å². The highest BCUT2D eigenvalue weighted by Gasteiger charge is 2.14. The Hall–Kier alpha value is -3.28. The predicted octanol–water partition coefficient (Wildman–Crippen LogP) is 4.14. The zero-order valence-corrected chi connectivity index (χ0v) is 16.5. The van der Waals surface area contributed by atoms with Gasteiger partial charge in [0.2, 0.25) is 0 Å². The van der Waals surface area contributed by atoms with E-state index in [1.807, 2.05) is 51.1 Å². The van der Waals surface area contributed by atoms with E-state index in [0.29, 0.717) is 17.7 Å². The molecule has 3 rings (SSSR count). The van der Waals surface area contributed by atoms with Crippen LogP contribution in [-0.2, 0) is 11.2 Å². The molecule has 6 heteroatoms. The van der Waals surface area contributed by atoms with Crippen molar-refractivity contribution in [3.63, 3.8) is 0 Å². The van der Waals surface area contributed by atoms with Gasteiger partial charge in [0.05, 0.1) is 11.3 Å². The Bertz CT molecular complexity index is 1050. The summed E-state index contributed by atoms with van der Waals surface area (Å²) in [6.07, 6.45) is 3.67. The third-order valence-corrected chi connectivity index (χ3v) is 4.40. The van der Waals surface area contributed by atoms with Crippen molar-refractivity contribution in [3.05, 3.63) is 70.2 Å². The lowest BCUT2D eigenvalue weighted by Gasteiger charge is -2.16. The van der Waals surface area contributed by atoms with Gasteiger partial charge >= 0.3 is 0 Å². The van der Waals surface area contributed by atoms with Crippen molar-refractivity contribution in [1.29, 1.82) is 0 Å². The van der Waals surface area contributed by atoms with Gasteiger partial charge in [-0.15, -0.1) is 0 Å². The first-order valence-corrected chi connectivity index (χ1v) is 9.25. The largest absolute Gasteiger partial charge is 0.354 e. The third-order valence-electron chi connectivity index (χ3n) is 4.40. The fourth-order valence-corrected chi connectivity index (χ4v) is 3.01. The van der Waals surface area contributed by atoms with Gasteiger partial charge in [-0.05, 0) is 44.0 Å². The van der Waals surface area contributed by atoms with Gasteiger partial charge in [0, 0.05) is 47.1 Å². The summed E-state index contributed by atoms with van der Waals surface area (Å²) in [5.41, 5.74) is 5.21. The van der Waals surface area contributed by atoms with E-state index in [1.54, 1.807) is 19.3 Å². The number of nitrogens with one attached hydrogen (secondary N) is 2. The third kappa shape index (κ3) is 4.52. The van der Waals surface area contributed by atoms with E-state index in [0.717, 1.165) is 28.3 Å². The van der Waals surface area contributed by atoms with Gasteiger partial charge in [0.25, 0.3) is 5.56 Å². The van der Waals surface area contributed by atoms with E-state index < -0.39 is 0 Å². The normalized spacial score (nSPS) is 10.9. The van der Waals surface area contributed by atoms with Crippen LogP contribution in [0.4, 0.5) is 11.4 Å². The molecule has 0 radical (unpaired) electrons. The van der Waals surface area contributed by atoms with Crippen LogP contribution in [0.25, 0.3) is 11.1 Å². The highest BCUT2D eigenvalue weighted by molar-refractivity contribution is 5.78. The minimum Gasteiger partial charge on any atom is -0.354 e. The summed E-state index contributed by atoms with van der Waals surface area (Å²) >= 11 is 0. The Morgan fingerprint density at radius 1 is 1.18 bits per heavy atom. The van der Waals surface area contributed by atoms with Crippen LogP contribution in [0.15, 0.2) is 47.5 Å². The number of aromatic nitrogens is 3. The number of anilines is 2. The van der Waals surface area contributed by atoms with E-state index in [9.17, 15) is 9.59 Å². The second-order valence-corrected chi connectivity index (χ2v) is 7.22. The molecular weight excluding hydrogens is 352 g/mol. The summed E-state index contributed by atoms with van der Waals surface area (Å²) in [7, 11) is 0. The molecule has 0 atom stereocenters. The monoisotopic (exact) mass is 376 g/mol. The van der Waals surface area contributed by atoms with Crippen LogP contribution in [0.1, 0.15) is 43.8 Å². The lowest BCUT2D eigenvalue weighted by Crippen LogP contribution is -2.15. The number of Topliss-reactive ketones (excluding diaryl/α,β-unsaturated/α-hetero) is 1. The van der Waals surface area contributed by atoms with Gasteiger partial charge < -0.3 is 10.3 Å². The van der Waals surface area contributed by atoms with Gasteiger partial charge in [-0.3, -0.25) is 19.6 Å². The number of ketones is 1. The van der Waals surface area contributed by atoms with Gasteiger partial charge in [0.1, 0.15) is 5.78 Å². The van der Waals surface area contributed by atoms with Gasteiger partial charge in [0.15, 0.2) is 0 Å². The topological polar surface area (TPSA) is 87.7 Å². The first-order chi connectivity index (χ1) is 13.3. The van der Waals surface area contributed by atoms with Crippen molar-refractivity contribution in [1.82, 2.24) is 15.0 Å². The molecule has 3 aromatic rings. The SMILES string of the molecule is CC(=O)Cc1cc(Nc2cc(-c3ccc(C)nc3)c(=O)[nH]c2C(C)C)ccn1. The Kier molecular flexibility index (Phi) is 5.68. The van der Waals surface area contributed by atoms with Crippen molar-refractivity contribution in [3.8, 4) is 11.1 Å². The molecule has 6 nitrogen and oxygen atoms in total. The number of carbonyl (C=O) groups is 1. The summed E-state index contributed by atoms with van der Waals surface area (Å²) < 4.78 is 0. The standard InChI is InChI=1S/C22H24N4O2/c1-13(2)21-20(25-17-7-8-23-18(10-17)9-15(4)27)11-19(22(28)26-21)16-6-5-14(3)24-12-16/h5-8,10-13H,9H2,1-4H3,(H,23,25)(H,26,28). The minimum absolute atomic E-state index is 0.0608. The highest BCUT2D eigenvalue weighted by Crippen LogP contribution is 2.28. The lowest BCUT2D eigenvalue weighted by molar-refractivity contribution is -0.116. The fraction of sp³-hybridized carbons (Fsp3) is 0.273. The molecule has 0 spiro atoms. The smallest absolute Gasteiger partial charge is 0.256 e. The van der Waals surface area contributed by atoms with Crippen LogP contribution < -0.4 is 10.9 Å². The average Bonchev–Trinajstić information content (AvgIpc) is 2.63. The molecule has 0 unspecified atom stereocenters. The van der Waals surface area contributed by atoms with Gasteiger partial charge in [-0.2, -0.15) is 0 Å². The molecule has 0 aliphatic heterocycles. The van der Waals surface area contributed by atoms with Crippen LogP contribution in [0, 0.1) is 6.92 Å². The van der Waals surface area contributed by atoms with E-state index >= 15 is 0 Å². The molecule has 0 aliphatic rings. The molecule has 3 heterocycles. The zero-order chi connectivity index (χ0) is 20.3. The molecule has 0 amide bonds. The number of rotatable bonds is 6. The van der Waals surface area contributed by atoms with E-state index in [-0.39, 0.29) is 17.3 Å². The fourth-order valence-electron chi connectivity index (χ4n) is 3.01. The summed E-state index contributed by atoms with van der Waals surface area (Å²) in [5.74, 6) is 0.185. The molecule has 144 valence electrons. The molecule has 0 saturated carbocycles. The predicted molar refractivity (Wildman–Crippen MR) is 111 cm³/mol. The van der Waals surface area contributed by atoms with Crippen LogP contribution in [0.3, 0.4) is 0 Å². The number of H-pyrrole nitrogens is 1. The zero-order valence-electron chi connectivity index (χ0n) is 16.5. The second-order valence-electron chi connectivity index (χ2n) is 7.22. The quantitative estimate of drug-likeness (QED) is 0.675. The summed E-state index contributed by atoms with van der Waals surface area (Å²) in [6, 6.07) is 9.32. The first kappa shape index (κ1) is 19.5. The van der Waals surface area contributed by atoms with Gasteiger partial charge in [-0.1, -0.05) is 19.9 Å². The number of hydrogen-bond acceptors (Lipinski definition) is 5. The molecule has 0 aliphatic carbocycles. The van der Waals surface area contributed by atoms with Crippen molar-refractivity contribution in [2.24, 2.45) is 0 Å². The first-order valence-electron chi connectivity index (χ1n) is 9.25. The Labute approximate surface area is 164 Å². The molecule has 0 saturated heterocycles. The average molecular weight is 376 g/mol. The molecular formula is C22H24N4O2. The molecule has 3 aromatic heterocycles. The number of hydrogen-bond donors (Lipinski definition) is 2. The van der Waals surface area contributed by atoms with Crippen LogP contribution >= 0.6 is 0 Å². The number of pyridine rings is 3. The lowest BCUT2D eigenvalue weighted by atomic mass is 10.0.